The Kier molecular flexibility index (Phi) is 65.8. The first kappa shape index (κ1) is 130. The molecule has 0 saturated heterocycles. The number of phenolic OH excluding ortho intramolecular Hbond substituents is 1. The number of phenols is 1. The molecule has 2 atom stereocenters. The molecule has 5 N–H and O–H groups in total. The first-order chi connectivity index (χ1) is 69.8. The minimum Gasteiger partial charge on any atom is -1.00 e. The van der Waals surface area contributed by atoms with Gasteiger partial charge in [0.25, 0.3) is 0 Å². The number of oxime groups is 1. The van der Waals surface area contributed by atoms with E-state index in [9.17, 15) is 29.1 Å². The number of nitriles is 1. The van der Waals surface area contributed by atoms with Gasteiger partial charge in [-0.25, -0.2) is 5.90 Å². The molecule has 19 nitrogen and oxygen atoms in total. The fourth-order valence-electron chi connectivity index (χ4n) is 14.3. The molecule has 147 heavy (non-hydrogen) atoms. The van der Waals surface area contributed by atoms with Crippen LogP contribution in [0.1, 0.15) is 148 Å². The molecule has 16 rings (SSSR count). The van der Waals surface area contributed by atoms with Gasteiger partial charge in [-0.05, 0) is 182 Å². The van der Waals surface area contributed by atoms with Crippen LogP contribution in [0.25, 0.3) is 44.2 Å². The van der Waals surface area contributed by atoms with Crippen molar-refractivity contribution >= 4 is 205 Å². The smallest absolute Gasteiger partial charge is 1.00 e. The van der Waals surface area contributed by atoms with Gasteiger partial charge in [0.15, 0.2) is 17.9 Å². The summed E-state index contributed by atoms with van der Waals surface area (Å²) in [6.07, 6.45) is 2.17. The van der Waals surface area contributed by atoms with Gasteiger partial charge in [0.05, 0.1) is 92.0 Å². The first-order valence-electron chi connectivity index (χ1n) is 45.4. The van der Waals surface area contributed by atoms with Crippen molar-refractivity contribution in [3.05, 3.63) is 473 Å². The average molecular weight is 2530 g/mol. The molecule has 2 aromatic heterocycles. The molecule has 0 unspecified atom stereocenters. The molecule has 31 heteroatoms. The van der Waals surface area contributed by atoms with Crippen molar-refractivity contribution in [3.63, 3.8) is 0 Å². The second-order valence-corrected chi connectivity index (χ2v) is 44.0. The summed E-state index contributed by atoms with van der Waals surface area (Å²) in [6, 6.07) is 109. The number of ether oxygens (including phenoxy) is 6. The fraction of sp³-hybridized carbons (Fsp3) is 0.172. The van der Waals surface area contributed by atoms with Crippen LogP contribution in [0, 0.1) is 66.7 Å². The number of hydrogen-bond acceptors (Lipinski definition) is 19. The number of halogens is 9. The summed E-state index contributed by atoms with van der Waals surface area (Å²) in [5.74, 6) is 7.38. The number of carbonyl (C=O) groups excluding carboxylic acids is 3. The Morgan fingerprint density at radius 3 is 1.07 bits per heavy atom. The zero-order valence-corrected chi connectivity index (χ0v) is 98.5. The number of alkyl halides is 1. The Hall–Kier alpha value is -10.7. The molecule has 0 bridgehead atoms. The molecule has 0 radical (unpaired) electrons. The van der Waals surface area contributed by atoms with E-state index in [4.69, 9.17) is 54.3 Å². The molecule has 0 saturated carbocycles. The molecular formula is C116H118B2Br6Cl2IMgN3O16. The van der Waals surface area contributed by atoms with Gasteiger partial charge in [0.1, 0.15) is 69.7 Å². The number of aldehydes is 1. The van der Waals surface area contributed by atoms with Crippen molar-refractivity contribution in [2.75, 3.05) is 33.3 Å². The molecule has 0 aliphatic heterocycles. The van der Waals surface area contributed by atoms with Gasteiger partial charge in [0, 0.05) is 19.8 Å². The Bertz CT molecular complexity index is 6620. The molecular weight excluding hydrogens is 2410 g/mol. The van der Waals surface area contributed by atoms with Crippen LogP contribution in [0.3, 0.4) is 0 Å². The van der Waals surface area contributed by atoms with Gasteiger partial charge in [-0.15, -0.1) is 119 Å². The van der Waals surface area contributed by atoms with E-state index < -0.39 is 0 Å². The summed E-state index contributed by atoms with van der Waals surface area (Å²) in [4.78, 5) is 62.3. The Morgan fingerprint density at radius 1 is 0.449 bits per heavy atom. The minimum atomic E-state index is -0.368. The molecule has 0 aliphatic rings. The Labute approximate surface area is 956 Å². The van der Waals surface area contributed by atoms with E-state index in [0.29, 0.717) is 121 Å². The number of methoxy groups -OCH3 is 4. The number of aromatic hydroxyl groups is 1. The molecule has 0 fully saturated rings. The van der Waals surface area contributed by atoms with Gasteiger partial charge < -0.3 is 65.2 Å². The third-order valence-corrected chi connectivity index (χ3v) is 21.3. The van der Waals surface area contributed by atoms with E-state index in [-0.39, 0.29) is 94.6 Å². The Balaban J connectivity index is 0.000000577. The predicted molar refractivity (Wildman–Crippen MR) is 632 cm³/mol. The van der Waals surface area contributed by atoms with Crippen LogP contribution in [-0.4, -0.2) is 102 Å². The van der Waals surface area contributed by atoms with Crippen LogP contribution in [0.2, 0.25) is 0 Å². The van der Waals surface area contributed by atoms with Crippen molar-refractivity contribution in [2.45, 2.75) is 101 Å². The summed E-state index contributed by atoms with van der Waals surface area (Å²) in [6.45, 7) is 21.8. The number of benzene rings is 14. The number of rotatable bonds is 22. The number of Topliss-reactive ketones (excluding diaryl/α,β-unsaturated/α-hetero) is 2. The van der Waals surface area contributed by atoms with E-state index >= 15 is 0 Å². The van der Waals surface area contributed by atoms with Crippen molar-refractivity contribution < 1.29 is 80.9 Å². The molecule has 0 aliphatic carbocycles. The van der Waals surface area contributed by atoms with Crippen molar-refractivity contribution in [1.82, 2.24) is 0 Å². The van der Waals surface area contributed by atoms with E-state index in [1.54, 1.807) is 52.7 Å². The molecule has 16 aromatic rings. The summed E-state index contributed by atoms with van der Waals surface area (Å²) in [7, 11) is 6.30. The van der Waals surface area contributed by atoms with Crippen LogP contribution in [0.15, 0.2) is 363 Å². The number of nitrogens with zero attached hydrogens (tertiary/aromatic N) is 2. The summed E-state index contributed by atoms with van der Waals surface area (Å²) in [5.41, 5.74) is 18.9. The fourth-order valence-corrected chi connectivity index (χ4v) is 14.3. The predicted octanol–water partition coefficient (Wildman–Crippen LogP) is 27.8. The van der Waals surface area contributed by atoms with E-state index in [1.807, 2.05) is 400 Å². The maximum Gasteiger partial charge on any atom is 2.00 e. The average Bonchev–Trinajstić information content (AvgIpc) is 0.762. The van der Waals surface area contributed by atoms with Crippen LogP contribution >= 0.6 is 130 Å². The van der Waals surface area contributed by atoms with Gasteiger partial charge in [-0.3, -0.25) is 24.0 Å². The number of ketones is 2. The van der Waals surface area contributed by atoms with Crippen LogP contribution in [-0.2, 0) is 35.5 Å². The van der Waals surface area contributed by atoms with E-state index in [0.717, 1.165) is 89.7 Å². The second-order valence-electron chi connectivity index (χ2n) is 31.1. The van der Waals surface area contributed by atoms with Gasteiger partial charge in [-0.2, -0.15) is 29.9 Å². The van der Waals surface area contributed by atoms with Crippen molar-refractivity contribution in [2.24, 2.45) is 11.1 Å². The normalized spacial score (nSPS) is 10.2. The maximum absolute atomic E-state index is 13.4. The second kappa shape index (κ2) is 74.2. The summed E-state index contributed by atoms with van der Waals surface area (Å²) >= 11 is 20.6. The zero-order valence-electron chi connectivity index (χ0n) is 84.8. The van der Waals surface area contributed by atoms with Gasteiger partial charge in [-0.1, -0.05) is 301 Å². The van der Waals surface area contributed by atoms with E-state index in [1.165, 1.54) is 6.21 Å². The van der Waals surface area contributed by atoms with Crippen molar-refractivity contribution in [3.8, 4) is 57.1 Å². The van der Waals surface area contributed by atoms with Crippen LogP contribution < -0.4 is 48.1 Å². The number of aryl methyl sites for hydroxylation is 7. The SMILES string of the molecule is BrB(Br)Br.BrB(Br)Br.COc1cccc(C)c1/C=N/O.COc1cccc(C)c1C#N.COc1cccc(C)c1C(=O)Cc1ccccc1.COc1cccc(C)c1C=O.Cc1cccc(O)c1C(=O)Cc1ccccc1.Cc1cccc2oc([C@@H](C)OCc3ccccc3)c(-c3ccccc3)c(=O)c12.Cc1cccc2oc([C@@H](C)OCc3ccccc3)c(-c3ccccc3)c(=O)c12.Cl.NO.[2H]CI.[CH2-]c1ccccc1.[Cl-].[Mg+2]. The number of nitrogens with two attached hydrogens (primary N) is 1. The maximum atomic E-state index is 13.4. The molecule has 0 amide bonds. The monoisotopic (exact) mass is 2530 g/mol. The summed E-state index contributed by atoms with van der Waals surface area (Å²) < 4.78 is 51.7. The molecule has 764 valence electrons. The molecule has 14 aromatic carbocycles. The van der Waals surface area contributed by atoms with Gasteiger partial charge in [0.2, 0.25) is 10.9 Å². The first-order valence-corrected chi connectivity index (χ1v) is 51.7. The number of carbonyl (C=O) groups is 3. The number of hydrogen-bond donors (Lipinski definition) is 4. The standard InChI is InChI=1S/2C25H22O3.C16H16O2.C15H14O2.C9H11NO2.C9H9NO.C9H10O2.C7H7.CH3I.2BBr3.2ClH.Mg.H3NO/c2*1-17-10-9-15-21-22(17)24(26)23(20-13-7-4-8-14-20)25(28-21)18(2)27-16-19-11-5-3-6-12-19;1-12-7-6-10-15(18-2)16(12)14(17)11-13-8-4-3-5-9-13;1-11-6-5-9-13(16)15(11)14(17)10-12-7-3-2-4-8-12;1-7-4-3-5-9(12-2)8(7)6-10-11;2*1-7-4-3-5-9(11-2)8(7)6-10;1-7-5-3-2-4-6-7;1-2;2*2-1(3)4;;;;1-2/h2*3-15,18H,16H2,1-2H3;3-10H,11H2,1-2H3;2-9,16H,10H2,1H3;3-6,11H,1-2H3;3-5H,1-2H3;3-6H,1-2H3;2-6H,1H2;1H3;;;2*1H;;2H,1H2/q;;;;;;;-1;;;;;;+2;/p-1/b;;;;10-6+;;;;;;;;;;/t2*18-;;;;;;;;;;;;;/m11............./s1/i;;;;;;;;1D;;;;;;. The van der Waals surface area contributed by atoms with Crippen molar-refractivity contribution in [1.29, 1.82) is 5.26 Å². The third-order valence-electron chi connectivity index (χ3n) is 21.3. The number of fused-ring (bicyclic) bond motifs is 2. The van der Waals surface area contributed by atoms with Gasteiger partial charge >= 0.3 is 29.4 Å². The largest absolute Gasteiger partial charge is 2.00 e. The van der Waals surface area contributed by atoms with E-state index in [2.05, 4.69) is 119 Å². The third kappa shape index (κ3) is 44.5. The van der Waals surface area contributed by atoms with Crippen LogP contribution in [0.5, 0.6) is 28.7 Å². The Morgan fingerprint density at radius 2 is 0.741 bits per heavy atom. The topological polar surface area (TPSA) is 290 Å². The summed E-state index contributed by atoms with van der Waals surface area (Å²) in [5, 5.41) is 37.5. The van der Waals surface area contributed by atoms with Crippen LogP contribution in [0.4, 0.5) is 0 Å². The quantitative estimate of drug-likeness (QED) is 0.00564. The molecule has 2 heterocycles. The minimum absolute atomic E-state index is 0. The zero-order chi connectivity index (χ0) is 107. The molecule has 0 spiro atoms.